The molecule has 0 spiro atoms. The van der Waals surface area contributed by atoms with E-state index >= 15 is 0 Å². The Kier molecular flexibility index (Phi) is 4.45. The molecule has 1 aliphatic rings. The van der Waals surface area contributed by atoms with Gasteiger partial charge >= 0.3 is 0 Å². The van der Waals surface area contributed by atoms with Gasteiger partial charge in [0.15, 0.2) is 5.82 Å². The standard InChI is InChI=1S/C21H25N5/c1-16(2)17-10-12-19(13-11-17)26-20(23-24-25-26)21(14-6-7-15-21)22-18-8-4-3-5-9-18/h3-5,8-13,16,22H,6-7,14-15H2,1-2H3. The van der Waals surface area contributed by atoms with E-state index in [0.717, 1.165) is 30.0 Å². The van der Waals surface area contributed by atoms with Crippen molar-refractivity contribution in [3.63, 3.8) is 0 Å². The summed E-state index contributed by atoms with van der Waals surface area (Å²) in [5.41, 5.74) is 3.22. The third-order valence-corrected chi connectivity index (χ3v) is 5.32. The van der Waals surface area contributed by atoms with E-state index in [2.05, 4.69) is 83.2 Å². The van der Waals surface area contributed by atoms with Crippen LogP contribution in [0.1, 0.15) is 56.8 Å². The van der Waals surface area contributed by atoms with Gasteiger partial charge in [-0.05, 0) is 59.0 Å². The lowest BCUT2D eigenvalue weighted by Crippen LogP contribution is -2.35. The second-order valence-corrected chi connectivity index (χ2v) is 7.44. The van der Waals surface area contributed by atoms with Gasteiger partial charge in [-0.2, -0.15) is 4.68 Å². The van der Waals surface area contributed by atoms with Crippen molar-refractivity contribution in [2.75, 3.05) is 5.32 Å². The molecule has 1 saturated carbocycles. The first-order valence-electron chi connectivity index (χ1n) is 9.40. The zero-order valence-corrected chi connectivity index (χ0v) is 15.4. The molecule has 1 aromatic heterocycles. The Bertz CT molecular complexity index is 846. The van der Waals surface area contributed by atoms with E-state index in [1.165, 1.54) is 18.4 Å². The Balaban J connectivity index is 1.71. The predicted molar refractivity (Wildman–Crippen MR) is 103 cm³/mol. The summed E-state index contributed by atoms with van der Waals surface area (Å²) in [7, 11) is 0. The molecule has 0 unspecified atom stereocenters. The van der Waals surface area contributed by atoms with Crippen molar-refractivity contribution in [3.8, 4) is 5.69 Å². The summed E-state index contributed by atoms with van der Waals surface area (Å²) in [6, 6.07) is 18.9. The maximum absolute atomic E-state index is 4.44. The van der Waals surface area contributed by atoms with E-state index in [-0.39, 0.29) is 5.54 Å². The monoisotopic (exact) mass is 347 g/mol. The van der Waals surface area contributed by atoms with Crippen LogP contribution in [-0.4, -0.2) is 20.2 Å². The Morgan fingerprint density at radius 1 is 0.962 bits per heavy atom. The molecule has 0 radical (unpaired) electrons. The van der Waals surface area contributed by atoms with Crippen LogP contribution in [0, 0.1) is 0 Å². The van der Waals surface area contributed by atoms with Crippen LogP contribution < -0.4 is 5.32 Å². The molecule has 0 amide bonds. The maximum Gasteiger partial charge on any atom is 0.181 e. The smallest absolute Gasteiger partial charge is 0.181 e. The number of para-hydroxylation sites is 1. The quantitative estimate of drug-likeness (QED) is 0.729. The molecule has 4 rings (SSSR count). The first kappa shape index (κ1) is 16.8. The van der Waals surface area contributed by atoms with Gasteiger partial charge in [0.25, 0.3) is 0 Å². The molecule has 1 aliphatic carbocycles. The molecule has 0 aliphatic heterocycles. The number of hydrogen-bond donors (Lipinski definition) is 1. The molecule has 5 nitrogen and oxygen atoms in total. The Morgan fingerprint density at radius 3 is 2.31 bits per heavy atom. The highest BCUT2D eigenvalue weighted by Crippen LogP contribution is 2.41. The Morgan fingerprint density at radius 2 is 1.65 bits per heavy atom. The third-order valence-electron chi connectivity index (χ3n) is 5.32. The van der Waals surface area contributed by atoms with Crippen LogP contribution in [0.2, 0.25) is 0 Å². The number of rotatable bonds is 5. The van der Waals surface area contributed by atoms with E-state index in [9.17, 15) is 0 Å². The molecule has 0 bridgehead atoms. The molecule has 134 valence electrons. The topological polar surface area (TPSA) is 55.6 Å². The van der Waals surface area contributed by atoms with Crippen LogP contribution in [0.15, 0.2) is 54.6 Å². The van der Waals surface area contributed by atoms with E-state index in [1.54, 1.807) is 0 Å². The van der Waals surface area contributed by atoms with E-state index < -0.39 is 0 Å². The lowest BCUT2D eigenvalue weighted by Gasteiger charge is -2.30. The van der Waals surface area contributed by atoms with Gasteiger partial charge in [0.05, 0.1) is 11.2 Å². The average molecular weight is 347 g/mol. The maximum atomic E-state index is 4.44. The van der Waals surface area contributed by atoms with Gasteiger partial charge in [0.1, 0.15) is 0 Å². The minimum atomic E-state index is -0.221. The SMILES string of the molecule is CC(C)c1ccc(-n2nnnc2C2(Nc3ccccc3)CCCC2)cc1. The number of tetrazole rings is 1. The first-order chi connectivity index (χ1) is 12.7. The molecule has 1 N–H and O–H groups in total. The van der Waals surface area contributed by atoms with Gasteiger partial charge in [-0.3, -0.25) is 0 Å². The second-order valence-electron chi connectivity index (χ2n) is 7.44. The van der Waals surface area contributed by atoms with Gasteiger partial charge in [0.2, 0.25) is 0 Å². The number of hydrogen-bond acceptors (Lipinski definition) is 4. The summed E-state index contributed by atoms with van der Waals surface area (Å²) < 4.78 is 1.89. The number of anilines is 1. The van der Waals surface area contributed by atoms with E-state index in [1.807, 2.05) is 10.7 Å². The normalized spacial score (nSPS) is 16.1. The minimum absolute atomic E-state index is 0.221. The van der Waals surface area contributed by atoms with Crippen LogP contribution in [-0.2, 0) is 5.54 Å². The Hall–Kier alpha value is -2.69. The summed E-state index contributed by atoms with van der Waals surface area (Å²) in [6.07, 6.45) is 4.43. The molecular weight excluding hydrogens is 322 g/mol. The van der Waals surface area contributed by atoms with E-state index in [4.69, 9.17) is 0 Å². The summed E-state index contributed by atoms with van der Waals surface area (Å²) in [5, 5.41) is 16.5. The summed E-state index contributed by atoms with van der Waals surface area (Å²) in [4.78, 5) is 0. The highest BCUT2D eigenvalue weighted by Gasteiger charge is 2.40. The molecular formula is C21H25N5. The molecule has 3 aromatic rings. The third kappa shape index (κ3) is 3.09. The fourth-order valence-corrected chi connectivity index (χ4v) is 3.84. The van der Waals surface area contributed by atoms with Crippen LogP contribution >= 0.6 is 0 Å². The predicted octanol–water partition coefficient (Wildman–Crippen LogP) is 4.67. The lowest BCUT2D eigenvalue weighted by atomic mass is 9.95. The number of aromatic nitrogens is 4. The van der Waals surface area contributed by atoms with Crippen LogP contribution in [0.3, 0.4) is 0 Å². The summed E-state index contributed by atoms with van der Waals surface area (Å²) in [5.74, 6) is 1.41. The zero-order valence-electron chi connectivity index (χ0n) is 15.4. The van der Waals surface area contributed by atoms with E-state index in [0.29, 0.717) is 5.92 Å². The largest absolute Gasteiger partial charge is 0.373 e. The fourth-order valence-electron chi connectivity index (χ4n) is 3.84. The molecule has 0 atom stereocenters. The van der Waals surface area contributed by atoms with Gasteiger partial charge in [0, 0.05) is 5.69 Å². The molecule has 5 heteroatoms. The summed E-state index contributed by atoms with van der Waals surface area (Å²) >= 11 is 0. The van der Waals surface area contributed by atoms with Gasteiger partial charge < -0.3 is 5.32 Å². The molecule has 1 heterocycles. The highest BCUT2D eigenvalue weighted by molar-refractivity contribution is 5.47. The van der Waals surface area contributed by atoms with Crippen molar-refractivity contribution in [2.24, 2.45) is 0 Å². The number of benzene rings is 2. The van der Waals surface area contributed by atoms with Gasteiger partial charge in [-0.15, -0.1) is 5.10 Å². The lowest BCUT2D eigenvalue weighted by molar-refractivity contribution is 0.461. The number of nitrogens with one attached hydrogen (secondary N) is 1. The molecule has 0 saturated heterocycles. The van der Waals surface area contributed by atoms with Gasteiger partial charge in [-0.25, -0.2) is 0 Å². The second kappa shape index (κ2) is 6.90. The Labute approximate surface area is 154 Å². The zero-order chi connectivity index (χ0) is 18.0. The van der Waals surface area contributed by atoms with Gasteiger partial charge in [-0.1, -0.05) is 57.0 Å². The molecule has 2 aromatic carbocycles. The van der Waals surface area contributed by atoms with Crippen molar-refractivity contribution < 1.29 is 0 Å². The summed E-state index contributed by atoms with van der Waals surface area (Å²) in [6.45, 7) is 4.41. The van der Waals surface area contributed by atoms with Crippen molar-refractivity contribution in [1.29, 1.82) is 0 Å². The van der Waals surface area contributed by atoms with Crippen molar-refractivity contribution >= 4 is 5.69 Å². The van der Waals surface area contributed by atoms with Crippen LogP contribution in [0.25, 0.3) is 5.69 Å². The molecule has 26 heavy (non-hydrogen) atoms. The number of nitrogens with zero attached hydrogens (tertiary/aromatic N) is 4. The minimum Gasteiger partial charge on any atom is -0.373 e. The first-order valence-corrected chi connectivity index (χ1v) is 9.40. The van der Waals surface area contributed by atoms with Crippen molar-refractivity contribution in [3.05, 3.63) is 66.0 Å². The molecule has 1 fully saturated rings. The average Bonchev–Trinajstić information content (AvgIpc) is 3.33. The van der Waals surface area contributed by atoms with Crippen molar-refractivity contribution in [2.45, 2.75) is 51.0 Å². The van der Waals surface area contributed by atoms with Crippen molar-refractivity contribution in [1.82, 2.24) is 20.2 Å². The fraction of sp³-hybridized carbons (Fsp3) is 0.381. The van der Waals surface area contributed by atoms with Crippen LogP contribution in [0.5, 0.6) is 0 Å². The highest BCUT2D eigenvalue weighted by atomic mass is 15.6. The van der Waals surface area contributed by atoms with Crippen LogP contribution in [0.4, 0.5) is 5.69 Å².